The number of ether oxygens (including phenoxy) is 1. The molecule has 118 valence electrons. The highest BCUT2D eigenvalue weighted by Crippen LogP contribution is 2.19. The number of hydrogen-bond donors (Lipinski definition) is 2. The number of nitrogens with one attached hydrogen (secondary N) is 2. The number of sulfonamides is 1. The van der Waals surface area contributed by atoms with Gasteiger partial charge in [-0.25, -0.2) is 13.1 Å². The minimum absolute atomic E-state index is 0.233. The first-order chi connectivity index (χ1) is 9.82. The summed E-state index contributed by atoms with van der Waals surface area (Å²) in [4.78, 5) is 0.282. The van der Waals surface area contributed by atoms with Gasteiger partial charge in [0.2, 0.25) is 10.0 Å². The maximum absolute atomic E-state index is 12.2. The normalized spacial score (nSPS) is 16.1. The molecule has 0 spiro atoms. The van der Waals surface area contributed by atoms with E-state index in [9.17, 15) is 8.42 Å². The molecule has 1 aliphatic carbocycles. The molecular weight excluding hydrogens is 288 g/mol. The van der Waals surface area contributed by atoms with Crippen LogP contribution in [-0.4, -0.2) is 33.7 Å². The summed E-state index contributed by atoms with van der Waals surface area (Å²) in [5.41, 5.74) is 0.569. The van der Waals surface area contributed by atoms with Crippen LogP contribution >= 0.6 is 0 Å². The van der Waals surface area contributed by atoms with Crippen LogP contribution in [0.2, 0.25) is 0 Å². The van der Waals surface area contributed by atoms with E-state index >= 15 is 0 Å². The van der Waals surface area contributed by atoms with Crippen LogP contribution < -0.4 is 10.0 Å². The maximum atomic E-state index is 12.2. The lowest BCUT2D eigenvalue weighted by molar-refractivity contribution is 0.0276. The molecule has 21 heavy (non-hydrogen) atoms. The monoisotopic (exact) mass is 312 g/mol. The minimum atomic E-state index is -3.49. The average molecular weight is 312 g/mol. The minimum Gasteiger partial charge on any atom is -0.377 e. The van der Waals surface area contributed by atoms with Crippen LogP contribution in [0.15, 0.2) is 29.2 Å². The smallest absolute Gasteiger partial charge is 0.240 e. The van der Waals surface area contributed by atoms with E-state index in [1.54, 1.807) is 19.2 Å². The average Bonchev–Trinajstić information content (AvgIpc) is 3.28. The predicted octanol–water partition coefficient (Wildman–Crippen LogP) is 1.64. The third-order valence-electron chi connectivity index (χ3n) is 3.65. The molecule has 0 saturated heterocycles. The van der Waals surface area contributed by atoms with Crippen LogP contribution in [0.4, 0.5) is 0 Å². The van der Waals surface area contributed by atoms with Gasteiger partial charge in [0, 0.05) is 26.2 Å². The summed E-state index contributed by atoms with van der Waals surface area (Å²) < 4.78 is 32.2. The molecule has 2 N–H and O–H groups in total. The van der Waals surface area contributed by atoms with Gasteiger partial charge in [0.05, 0.1) is 10.5 Å². The van der Waals surface area contributed by atoms with E-state index < -0.39 is 15.6 Å². The van der Waals surface area contributed by atoms with Gasteiger partial charge in [-0.1, -0.05) is 12.1 Å². The summed E-state index contributed by atoms with van der Waals surface area (Å²) in [6.07, 6.45) is 2.48. The van der Waals surface area contributed by atoms with E-state index in [2.05, 4.69) is 10.0 Å². The molecule has 1 fully saturated rings. The molecule has 5 nitrogen and oxygen atoms in total. The second-order valence-electron chi connectivity index (χ2n) is 6.09. The lowest BCUT2D eigenvalue weighted by Crippen LogP contribution is -2.39. The molecule has 0 aliphatic heterocycles. The number of benzene rings is 1. The van der Waals surface area contributed by atoms with E-state index in [1.807, 2.05) is 26.0 Å². The van der Waals surface area contributed by atoms with Crippen LogP contribution in [0.25, 0.3) is 0 Å². The van der Waals surface area contributed by atoms with Gasteiger partial charge >= 0.3 is 0 Å². The van der Waals surface area contributed by atoms with E-state index in [4.69, 9.17) is 4.74 Å². The summed E-state index contributed by atoms with van der Waals surface area (Å²) in [6, 6.07) is 7.64. The van der Waals surface area contributed by atoms with Crippen molar-refractivity contribution < 1.29 is 13.2 Å². The highest BCUT2D eigenvalue weighted by atomic mass is 32.2. The van der Waals surface area contributed by atoms with Crippen molar-refractivity contribution in [2.45, 2.75) is 49.8 Å². The molecule has 0 radical (unpaired) electrons. The Morgan fingerprint density at radius 2 is 1.86 bits per heavy atom. The SMILES string of the molecule is COC(C)(C)CNS(=O)(=O)c1ccc(CNC2CC2)cc1. The van der Waals surface area contributed by atoms with E-state index in [1.165, 1.54) is 12.8 Å². The van der Waals surface area contributed by atoms with Crippen LogP contribution in [-0.2, 0) is 21.3 Å². The molecule has 0 unspecified atom stereocenters. The zero-order valence-electron chi connectivity index (χ0n) is 12.8. The summed E-state index contributed by atoms with van der Waals surface area (Å²) in [5.74, 6) is 0. The lowest BCUT2D eigenvalue weighted by atomic mass is 10.1. The molecule has 2 rings (SSSR count). The number of hydrogen-bond acceptors (Lipinski definition) is 4. The zero-order valence-corrected chi connectivity index (χ0v) is 13.7. The van der Waals surface area contributed by atoms with Crippen molar-refractivity contribution in [2.24, 2.45) is 0 Å². The van der Waals surface area contributed by atoms with Gasteiger partial charge in [0.1, 0.15) is 0 Å². The van der Waals surface area contributed by atoms with Gasteiger partial charge < -0.3 is 10.1 Å². The molecule has 0 atom stereocenters. The fourth-order valence-electron chi connectivity index (χ4n) is 1.76. The standard InChI is InChI=1S/C15H24N2O3S/c1-15(2,20-3)11-17-21(18,19)14-8-4-12(5-9-14)10-16-13-6-7-13/h4-5,8-9,13,16-17H,6-7,10-11H2,1-3H3. The van der Waals surface area contributed by atoms with Crippen molar-refractivity contribution in [1.82, 2.24) is 10.0 Å². The lowest BCUT2D eigenvalue weighted by Gasteiger charge is -2.23. The van der Waals surface area contributed by atoms with Crippen LogP contribution in [0.5, 0.6) is 0 Å². The second kappa shape index (κ2) is 6.44. The van der Waals surface area contributed by atoms with Gasteiger partial charge in [0.25, 0.3) is 0 Å². The molecule has 0 amide bonds. The van der Waals surface area contributed by atoms with Crippen molar-refractivity contribution in [2.75, 3.05) is 13.7 Å². The Kier molecular flexibility index (Phi) is 5.03. The van der Waals surface area contributed by atoms with Gasteiger partial charge in [-0.05, 0) is 44.4 Å². The fourth-order valence-corrected chi connectivity index (χ4v) is 2.96. The Morgan fingerprint density at radius 3 is 2.38 bits per heavy atom. The largest absolute Gasteiger partial charge is 0.377 e. The summed E-state index contributed by atoms with van der Waals surface area (Å²) >= 11 is 0. The number of rotatable bonds is 8. The molecule has 1 aliphatic rings. The maximum Gasteiger partial charge on any atom is 0.240 e. The highest BCUT2D eigenvalue weighted by molar-refractivity contribution is 7.89. The van der Waals surface area contributed by atoms with E-state index in [-0.39, 0.29) is 11.4 Å². The van der Waals surface area contributed by atoms with Crippen molar-refractivity contribution in [1.29, 1.82) is 0 Å². The topological polar surface area (TPSA) is 67.4 Å². The summed E-state index contributed by atoms with van der Waals surface area (Å²) in [5, 5.41) is 3.40. The second-order valence-corrected chi connectivity index (χ2v) is 7.85. The van der Waals surface area contributed by atoms with Crippen LogP contribution in [0, 0.1) is 0 Å². The van der Waals surface area contributed by atoms with Crippen LogP contribution in [0.3, 0.4) is 0 Å². The molecular formula is C15H24N2O3S. The summed E-state index contributed by atoms with van der Waals surface area (Å²) in [6.45, 7) is 4.69. The van der Waals surface area contributed by atoms with Gasteiger partial charge in [-0.15, -0.1) is 0 Å². The predicted molar refractivity (Wildman–Crippen MR) is 82.6 cm³/mol. The van der Waals surface area contributed by atoms with Crippen molar-refractivity contribution >= 4 is 10.0 Å². The third-order valence-corrected chi connectivity index (χ3v) is 5.06. The highest BCUT2D eigenvalue weighted by Gasteiger charge is 2.22. The van der Waals surface area contributed by atoms with Crippen molar-refractivity contribution in [3.05, 3.63) is 29.8 Å². The zero-order chi connectivity index (χ0) is 15.5. The van der Waals surface area contributed by atoms with Gasteiger partial charge in [-0.3, -0.25) is 0 Å². The molecule has 0 heterocycles. The quantitative estimate of drug-likeness (QED) is 0.766. The first kappa shape index (κ1) is 16.4. The Morgan fingerprint density at radius 1 is 1.24 bits per heavy atom. The number of methoxy groups -OCH3 is 1. The molecule has 1 saturated carbocycles. The first-order valence-corrected chi connectivity index (χ1v) is 8.68. The van der Waals surface area contributed by atoms with Gasteiger partial charge in [0.15, 0.2) is 0 Å². The molecule has 6 heteroatoms. The van der Waals surface area contributed by atoms with Crippen molar-refractivity contribution in [3.63, 3.8) is 0 Å². The molecule has 1 aromatic carbocycles. The third kappa shape index (κ3) is 5.07. The molecule has 1 aromatic rings. The van der Waals surface area contributed by atoms with Gasteiger partial charge in [-0.2, -0.15) is 0 Å². The van der Waals surface area contributed by atoms with Crippen molar-refractivity contribution in [3.8, 4) is 0 Å². The van der Waals surface area contributed by atoms with E-state index in [0.29, 0.717) is 6.04 Å². The summed E-state index contributed by atoms with van der Waals surface area (Å²) in [7, 11) is -1.92. The first-order valence-electron chi connectivity index (χ1n) is 7.19. The Bertz CT molecular complexity index is 563. The Balaban J connectivity index is 1.95. The molecule has 0 bridgehead atoms. The fraction of sp³-hybridized carbons (Fsp3) is 0.600. The molecule has 0 aromatic heterocycles. The Labute approximate surface area is 127 Å². The van der Waals surface area contributed by atoms with Crippen LogP contribution in [0.1, 0.15) is 32.3 Å². The Hall–Kier alpha value is -0.950. The van der Waals surface area contributed by atoms with E-state index in [0.717, 1.165) is 12.1 Å².